The van der Waals surface area contributed by atoms with E-state index in [2.05, 4.69) is 18.6 Å². The van der Waals surface area contributed by atoms with Crippen molar-refractivity contribution in [2.45, 2.75) is 33.2 Å². The largest absolute Gasteiger partial charge is 0.505 e. The van der Waals surface area contributed by atoms with E-state index in [1.54, 1.807) is 0 Å². The van der Waals surface area contributed by atoms with Crippen LogP contribution in [-0.4, -0.2) is 23.9 Å². The minimum Gasteiger partial charge on any atom is -0.450 e. The lowest BCUT2D eigenvalue weighted by molar-refractivity contribution is 0.114. The van der Waals surface area contributed by atoms with Crippen molar-refractivity contribution >= 4 is 6.16 Å². The molecule has 12 heavy (non-hydrogen) atoms. The SMILES string of the molecule is CC(C)C(C)(C)N.COC(=O)O. The van der Waals surface area contributed by atoms with Crippen molar-refractivity contribution in [1.82, 2.24) is 0 Å². The van der Waals surface area contributed by atoms with E-state index in [4.69, 9.17) is 15.6 Å². The smallest absolute Gasteiger partial charge is 0.450 e. The fourth-order valence-corrected chi connectivity index (χ4v) is 0. The van der Waals surface area contributed by atoms with Crippen LogP contribution >= 0.6 is 0 Å². The zero-order valence-corrected chi connectivity index (χ0v) is 8.42. The fourth-order valence-electron chi connectivity index (χ4n) is 0. The van der Waals surface area contributed by atoms with Crippen LogP contribution in [0.2, 0.25) is 0 Å². The maximum Gasteiger partial charge on any atom is 0.505 e. The molecule has 4 nitrogen and oxygen atoms in total. The van der Waals surface area contributed by atoms with Crippen molar-refractivity contribution in [2.24, 2.45) is 11.7 Å². The maximum atomic E-state index is 9.15. The number of nitrogens with two attached hydrogens (primary N) is 1. The molecule has 0 aromatic heterocycles. The Labute approximate surface area is 73.7 Å². The third-order valence-corrected chi connectivity index (χ3v) is 1.66. The van der Waals surface area contributed by atoms with E-state index in [1.807, 2.05) is 13.8 Å². The van der Waals surface area contributed by atoms with Crippen molar-refractivity contribution in [3.8, 4) is 0 Å². The third kappa shape index (κ3) is 12.0. The van der Waals surface area contributed by atoms with E-state index in [1.165, 1.54) is 0 Å². The van der Waals surface area contributed by atoms with Crippen molar-refractivity contribution in [3.05, 3.63) is 0 Å². The molecule has 3 N–H and O–H groups in total. The van der Waals surface area contributed by atoms with Gasteiger partial charge in [-0.05, 0) is 19.8 Å². The van der Waals surface area contributed by atoms with Gasteiger partial charge in [-0.2, -0.15) is 0 Å². The Bertz CT molecular complexity index is 127. The van der Waals surface area contributed by atoms with Crippen molar-refractivity contribution in [1.29, 1.82) is 0 Å². The molecule has 0 saturated heterocycles. The van der Waals surface area contributed by atoms with Crippen LogP contribution in [0.4, 0.5) is 4.79 Å². The maximum absolute atomic E-state index is 9.15. The summed E-state index contributed by atoms with van der Waals surface area (Å²) in [4.78, 5) is 9.15. The lowest BCUT2D eigenvalue weighted by Crippen LogP contribution is -2.37. The van der Waals surface area contributed by atoms with Gasteiger partial charge in [0, 0.05) is 5.54 Å². The molecule has 0 saturated carbocycles. The summed E-state index contributed by atoms with van der Waals surface area (Å²) in [6.45, 7) is 8.33. The van der Waals surface area contributed by atoms with Gasteiger partial charge < -0.3 is 15.6 Å². The molecule has 0 spiro atoms. The van der Waals surface area contributed by atoms with Crippen LogP contribution in [0.15, 0.2) is 0 Å². The van der Waals surface area contributed by atoms with Gasteiger partial charge in [0.15, 0.2) is 0 Å². The summed E-state index contributed by atoms with van der Waals surface area (Å²) in [5, 5.41) is 7.50. The first-order valence-electron chi connectivity index (χ1n) is 3.77. The average molecular weight is 177 g/mol. The van der Waals surface area contributed by atoms with Crippen molar-refractivity contribution < 1.29 is 14.6 Å². The Balaban J connectivity index is 0. The molecule has 0 unspecified atom stereocenters. The molecule has 0 rings (SSSR count). The van der Waals surface area contributed by atoms with Crippen LogP contribution in [-0.2, 0) is 4.74 Å². The molecule has 0 aromatic rings. The Kier molecular flexibility index (Phi) is 6.70. The second-order valence-electron chi connectivity index (χ2n) is 3.45. The number of rotatable bonds is 1. The molecule has 0 aliphatic carbocycles. The first kappa shape index (κ1) is 13.8. The van der Waals surface area contributed by atoms with Gasteiger partial charge in [0.2, 0.25) is 0 Å². The lowest BCUT2D eigenvalue weighted by Gasteiger charge is -2.22. The van der Waals surface area contributed by atoms with Crippen LogP contribution < -0.4 is 5.73 Å². The first-order valence-corrected chi connectivity index (χ1v) is 3.77. The normalized spacial score (nSPS) is 10.2. The van der Waals surface area contributed by atoms with E-state index >= 15 is 0 Å². The quantitative estimate of drug-likeness (QED) is 0.598. The first-order chi connectivity index (χ1) is 5.21. The summed E-state index contributed by atoms with van der Waals surface area (Å²) in [6.07, 6.45) is -1.25. The van der Waals surface area contributed by atoms with Gasteiger partial charge in [-0.3, -0.25) is 0 Å². The van der Waals surface area contributed by atoms with Gasteiger partial charge in [0.05, 0.1) is 7.11 Å². The van der Waals surface area contributed by atoms with Crippen LogP contribution in [0.5, 0.6) is 0 Å². The molecule has 0 aliphatic rings. The molecule has 74 valence electrons. The van der Waals surface area contributed by atoms with Gasteiger partial charge >= 0.3 is 6.16 Å². The highest BCUT2D eigenvalue weighted by atomic mass is 16.6. The Morgan fingerprint density at radius 2 is 1.67 bits per heavy atom. The summed E-state index contributed by atoms with van der Waals surface area (Å²) in [5.74, 6) is 0.576. The van der Waals surface area contributed by atoms with Gasteiger partial charge in [-0.1, -0.05) is 13.8 Å². The number of ether oxygens (including phenoxy) is 1. The molecule has 0 amide bonds. The lowest BCUT2D eigenvalue weighted by atomic mass is 9.92. The van der Waals surface area contributed by atoms with Crippen LogP contribution in [0.25, 0.3) is 0 Å². The molecule has 0 fully saturated rings. The predicted molar refractivity (Wildman–Crippen MR) is 48.1 cm³/mol. The molecular formula is C8H19NO3. The summed E-state index contributed by atoms with van der Waals surface area (Å²) in [6, 6.07) is 0. The van der Waals surface area contributed by atoms with E-state index in [0.717, 1.165) is 7.11 Å². The zero-order chi connectivity index (χ0) is 10.4. The van der Waals surface area contributed by atoms with Gasteiger partial charge in [-0.25, -0.2) is 4.79 Å². The highest BCUT2D eigenvalue weighted by molar-refractivity contribution is 5.56. The van der Waals surface area contributed by atoms with Gasteiger partial charge in [0.1, 0.15) is 0 Å². The van der Waals surface area contributed by atoms with Crippen LogP contribution in [0.1, 0.15) is 27.7 Å². The van der Waals surface area contributed by atoms with Crippen molar-refractivity contribution in [3.63, 3.8) is 0 Å². The van der Waals surface area contributed by atoms with E-state index in [-0.39, 0.29) is 5.54 Å². The fraction of sp³-hybridized carbons (Fsp3) is 0.875. The highest BCUT2D eigenvalue weighted by Crippen LogP contribution is 2.09. The van der Waals surface area contributed by atoms with Crippen LogP contribution in [0.3, 0.4) is 0 Å². The Hall–Kier alpha value is -0.770. The Morgan fingerprint density at radius 1 is 1.50 bits per heavy atom. The summed E-state index contributed by atoms with van der Waals surface area (Å²) in [7, 11) is 1.10. The molecular weight excluding hydrogens is 158 g/mol. The standard InChI is InChI=1S/C6H15N.C2H4O3/c1-5(2)6(3,4)7;1-5-2(3)4/h5H,7H2,1-4H3;1H3,(H,3,4). The third-order valence-electron chi connectivity index (χ3n) is 1.66. The number of carboxylic acid groups (broad SMARTS) is 1. The molecule has 0 radical (unpaired) electrons. The average Bonchev–Trinajstić information content (AvgIpc) is 1.87. The van der Waals surface area contributed by atoms with E-state index in [0.29, 0.717) is 5.92 Å². The summed E-state index contributed by atoms with van der Waals surface area (Å²) < 4.78 is 3.67. The Morgan fingerprint density at radius 3 is 1.67 bits per heavy atom. The zero-order valence-electron chi connectivity index (χ0n) is 8.42. The van der Waals surface area contributed by atoms with E-state index < -0.39 is 6.16 Å². The number of hydrogen-bond donors (Lipinski definition) is 2. The second kappa shape index (κ2) is 5.83. The minimum atomic E-state index is -1.25. The van der Waals surface area contributed by atoms with Crippen molar-refractivity contribution in [2.75, 3.05) is 7.11 Å². The monoisotopic (exact) mass is 177 g/mol. The molecule has 4 heteroatoms. The summed E-state index contributed by atoms with van der Waals surface area (Å²) in [5.41, 5.74) is 5.68. The van der Waals surface area contributed by atoms with Gasteiger partial charge in [-0.15, -0.1) is 0 Å². The molecule has 0 atom stereocenters. The second-order valence-corrected chi connectivity index (χ2v) is 3.45. The predicted octanol–water partition coefficient (Wildman–Crippen LogP) is 1.69. The minimum absolute atomic E-state index is 0. The highest BCUT2D eigenvalue weighted by Gasteiger charge is 2.14. The number of methoxy groups -OCH3 is 1. The number of carbonyl (C=O) groups is 1. The summed E-state index contributed by atoms with van der Waals surface area (Å²) >= 11 is 0. The molecule has 0 heterocycles. The van der Waals surface area contributed by atoms with E-state index in [9.17, 15) is 0 Å². The topological polar surface area (TPSA) is 72.5 Å². The molecule has 0 bridgehead atoms. The number of hydrogen-bond acceptors (Lipinski definition) is 3. The molecule has 0 aromatic carbocycles. The molecule has 0 aliphatic heterocycles. The van der Waals surface area contributed by atoms with Gasteiger partial charge in [0.25, 0.3) is 0 Å². The van der Waals surface area contributed by atoms with Crippen LogP contribution in [0, 0.1) is 5.92 Å².